The van der Waals surface area contributed by atoms with Gasteiger partial charge in [0.1, 0.15) is 11.6 Å². The number of benzene rings is 1. The number of guanidine groups is 1. The van der Waals surface area contributed by atoms with Crippen LogP contribution in [0.4, 0.5) is 0 Å². The summed E-state index contributed by atoms with van der Waals surface area (Å²) in [6, 6.07) is 5.40. The van der Waals surface area contributed by atoms with Crippen molar-refractivity contribution in [2.75, 3.05) is 19.8 Å². The molecule has 0 unspecified atom stereocenters. The van der Waals surface area contributed by atoms with Gasteiger partial charge in [0.2, 0.25) is 0 Å². The average Bonchev–Trinajstić information content (AvgIpc) is 2.92. The van der Waals surface area contributed by atoms with Crippen LogP contribution in [-0.4, -0.2) is 49.0 Å². The lowest BCUT2D eigenvalue weighted by Gasteiger charge is -2.13. The minimum atomic E-state index is -3.20. The van der Waals surface area contributed by atoms with Gasteiger partial charge in [-0.05, 0) is 43.4 Å². The summed E-state index contributed by atoms with van der Waals surface area (Å²) in [4.78, 5) is 4.64. The first-order chi connectivity index (χ1) is 14.4. The number of aryl methyl sites for hydroxylation is 3. The molecule has 172 valence electrons. The molecule has 10 heteroatoms. The van der Waals surface area contributed by atoms with E-state index in [1.165, 1.54) is 25.5 Å². The lowest BCUT2D eigenvalue weighted by atomic mass is 10.1. The molecule has 0 atom stereocenters. The molecule has 0 bridgehead atoms. The topological polar surface area (TPSA) is 101 Å². The smallest absolute Gasteiger partial charge is 0.191 e. The molecule has 1 aliphatic heterocycles. The summed E-state index contributed by atoms with van der Waals surface area (Å²) in [5.41, 5.74) is 1.76. The molecule has 1 aromatic carbocycles. The summed E-state index contributed by atoms with van der Waals surface area (Å²) in [6.07, 6.45) is 7.78. The van der Waals surface area contributed by atoms with Gasteiger partial charge in [0.25, 0.3) is 0 Å². The van der Waals surface area contributed by atoms with E-state index in [-0.39, 0.29) is 24.0 Å². The number of hydrogen-bond donors (Lipinski definition) is 2. The molecule has 1 aliphatic rings. The van der Waals surface area contributed by atoms with Crippen LogP contribution in [0.2, 0.25) is 0 Å². The molecular weight excluding hydrogens is 527 g/mol. The fraction of sp³-hybridized carbons (Fsp3) is 0.571. The van der Waals surface area contributed by atoms with Crippen LogP contribution >= 0.6 is 24.0 Å². The molecule has 31 heavy (non-hydrogen) atoms. The Morgan fingerprint density at radius 2 is 2.00 bits per heavy atom. The maximum Gasteiger partial charge on any atom is 0.191 e. The third-order valence-corrected chi connectivity index (χ3v) is 6.64. The summed E-state index contributed by atoms with van der Waals surface area (Å²) >= 11 is 0. The third kappa shape index (κ3) is 7.16. The molecule has 0 aliphatic carbocycles. The number of nitrogens with one attached hydrogen (secondary N) is 2. The van der Waals surface area contributed by atoms with Gasteiger partial charge in [-0.1, -0.05) is 18.6 Å². The second kappa shape index (κ2) is 11.8. The summed E-state index contributed by atoms with van der Waals surface area (Å²) in [6.45, 7) is 4.21. The molecule has 0 spiro atoms. The number of rotatable bonds is 7. The highest BCUT2D eigenvalue weighted by atomic mass is 127. The molecule has 3 rings (SSSR count). The SMILES string of the molecule is CN=C(NCCCc1nnc2n1CCCCC2)NCc1ccc(S(C)(=O)=O)c(C)c1.I. The Morgan fingerprint density at radius 1 is 1.19 bits per heavy atom. The number of aliphatic imine (C=N–C) groups is 1. The molecular formula is C21H33IN6O2S. The zero-order valence-electron chi connectivity index (χ0n) is 18.5. The molecule has 0 saturated carbocycles. The van der Waals surface area contributed by atoms with Crippen molar-refractivity contribution in [3.63, 3.8) is 0 Å². The van der Waals surface area contributed by atoms with E-state index in [2.05, 4.69) is 30.4 Å². The molecule has 0 radical (unpaired) electrons. The van der Waals surface area contributed by atoms with Gasteiger partial charge < -0.3 is 15.2 Å². The van der Waals surface area contributed by atoms with E-state index in [4.69, 9.17) is 0 Å². The lowest BCUT2D eigenvalue weighted by Crippen LogP contribution is -2.37. The van der Waals surface area contributed by atoms with Crippen molar-refractivity contribution < 1.29 is 8.42 Å². The van der Waals surface area contributed by atoms with E-state index >= 15 is 0 Å². The highest BCUT2D eigenvalue weighted by Crippen LogP contribution is 2.17. The van der Waals surface area contributed by atoms with Crippen LogP contribution in [0, 0.1) is 6.92 Å². The van der Waals surface area contributed by atoms with Gasteiger partial charge in [0, 0.05) is 45.8 Å². The second-order valence-electron chi connectivity index (χ2n) is 7.82. The monoisotopic (exact) mass is 560 g/mol. The number of aromatic nitrogens is 3. The zero-order chi connectivity index (χ0) is 21.6. The van der Waals surface area contributed by atoms with E-state index < -0.39 is 9.84 Å². The minimum absolute atomic E-state index is 0. The Bertz CT molecular complexity index is 1000. The Balaban J connectivity index is 0.00000341. The van der Waals surface area contributed by atoms with Crippen LogP contribution in [0.1, 0.15) is 48.5 Å². The number of hydrogen-bond acceptors (Lipinski definition) is 5. The normalized spacial score (nSPS) is 14.4. The van der Waals surface area contributed by atoms with Gasteiger partial charge >= 0.3 is 0 Å². The Kier molecular flexibility index (Phi) is 9.73. The van der Waals surface area contributed by atoms with Crippen LogP contribution in [0.15, 0.2) is 28.1 Å². The Morgan fingerprint density at radius 3 is 2.71 bits per heavy atom. The average molecular weight is 561 g/mol. The van der Waals surface area contributed by atoms with Crippen molar-refractivity contribution in [1.29, 1.82) is 0 Å². The van der Waals surface area contributed by atoms with E-state index in [0.717, 1.165) is 61.1 Å². The zero-order valence-corrected chi connectivity index (χ0v) is 21.7. The number of sulfone groups is 1. The molecule has 0 fully saturated rings. The first-order valence-corrected chi connectivity index (χ1v) is 12.4. The first kappa shape index (κ1) is 25.6. The predicted molar refractivity (Wildman–Crippen MR) is 134 cm³/mol. The van der Waals surface area contributed by atoms with Gasteiger partial charge in [0.15, 0.2) is 15.8 Å². The fourth-order valence-corrected chi connectivity index (χ4v) is 4.79. The van der Waals surface area contributed by atoms with E-state index in [1.54, 1.807) is 13.1 Å². The van der Waals surface area contributed by atoms with Crippen LogP contribution < -0.4 is 10.6 Å². The van der Waals surface area contributed by atoms with Gasteiger partial charge in [-0.2, -0.15) is 0 Å². The van der Waals surface area contributed by atoms with Crippen molar-refractivity contribution in [1.82, 2.24) is 25.4 Å². The van der Waals surface area contributed by atoms with Crippen molar-refractivity contribution in [3.05, 3.63) is 41.0 Å². The second-order valence-corrected chi connectivity index (χ2v) is 9.81. The molecule has 8 nitrogen and oxygen atoms in total. The third-order valence-electron chi connectivity index (χ3n) is 5.38. The number of fused-ring (bicyclic) bond motifs is 1. The van der Waals surface area contributed by atoms with E-state index in [9.17, 15) is 8.42 Å². The van der Waals surface area contributed by atoms with Crippen LogP contribution in [0.3, 0.4) is 0 Å². The van der Waals surface area contributed by atoms with Gasteiger partial charge in [-0.3, -0.25) is 4.99 Å². The lowest BCUT2D eigenvalue weighted by molar-refractivity contribution is 0.594. The number of halogens is 1. The number of nitrogens with zero attached hydrogens (tertiary/aromatic N) is 4. The van der Waals surface area contributed by atoms with Crippen molar-refractivity contribution in [2.45, 2.75) is 63.4 Å². The van der Waals surface area contributed by atoms with Crippen molar-refractivity contribution in [2.24, 2.45) is 4.99 Å². The highest BCUT2D eigenvalue weighted by molar-refractivity contribution is 14.0. The van der Waals surface area contributed by atoms with Crippen molar-refractivity contribution in [3.8, 4) is 0 Å². The minimum Gasteiger partial charge on any atom is -0.356 e. The Hall–Kier alpha value is -1.69. The van der Waals surface area contributed by atoms with Gasteiger partial charge in [-0.25, -0.2) is 8.42 Å². The van der Waals surface area contributed by atoms with Crippen LogP contribution in [0.5, 0.6) is 0 Å². The summed E-state index contributed by atoms with van der Waals surface area (Å²) in [5, 5.41) is 15.3. The van der Waals surface area contributed by atoms with E-state index in [1.807, 2.05) is 19.1 Å². The Labute approximate surface area is 202 Å². The highest BCUT2D eigenvalue weighted by Gasteiger charge is 2.14. The molecule has 2 heterocycles. The first-order valence-electron chi connectivity index (χ1n) is 10.5. The molecule has 2 aromatic rings. The van der Waals surface area contributed by atoms with Crippen LogP contribution in [-0.2, 0) is 35.8 Å². The maximum atomic E-state index is 11.8. The summed E-state index contributed by atoms with van der Waals surface area (Å²) in [5.74, 6) is 2.93. The predicted octanol–water partition coefficient (Wildman–Crippen LogP) is 2.63. The fourth-order valence-electron chi connectivity index (χ4n) is 3.83. The van der Waals surface area contributed by atoms with Crippen molar-refractivity contribution >= 4 is 39.8 Å². The van der Waals surface area contributed by atoms with Crippen LogP contribution in [0.25, 0.3) is 0 Å². The van der Waals surface area contributed by atoms with E-state index in [0.29, 0.717) is 11.4 Å². The quantitative estimate of drug-likeness (QED) is 0.234. The maximum absolute atomic E-state index is 11.8. The molecule has 0 amide bonds. The molecule has 0 saturated heterocycles. The largest absolute Gasteiger partial charge is 0.356 e. The van der Waals surface area contributed by atoms with Gasteiger partial charge in [0.05, 0.1) is 4.90 Å². The summed E-state index contributed by atoms with van der Waals surface area (Å²) in [7, 11) is -1.45. The molecule has 1 aromatic heterocycles. The standard InChI is InChI=1S/C21H32N6O2S.HI/c1-16-14-17(10-11-18(16)30(3,28)29)15-24-21(22-2)23-12-7-9-20-26-25-19-8-5-4-6-13-27(19)20;/h10-11,14H,4-9,12-13,15H2,1-3H3,(H2,22,23,24);1H. The summed E-state index contributed by atoms with van der Waals surface area (Å²) < 4.78 is 25.8. The molecule has 2 N–H and O–H groups in total. The van der Waals surface area contributed by atoms with Gasteiger partial charge in [-0.15, -0.1) is 34.2 Å².